The molecule has 0 spiro atoms. The molecular formula is C10H10BrClO. The Morgan fingerprint density at radius 2 is 2.23 bits per heavy atom. The van der Waals surface area contributed by atoms with Gasteiger partial charge in [0.25, 0.3) is 0 Å². The average molecular weight is 262 g/mol. The average Bonchev–Trinajstić information content (AvgIpc) is 2.09. The molecule has 0 N–H and O–H groups in total. The third-order valence-electron chi connectivity index (χ3n) is 1.75. The zero-order valence-corrected chi connectivity index (χ0v) is 9.65. The number of carbonyl (C=O) groups excluding carboxylic acids is 1. The Labute approximate surface area is 91.2 Å². The summed E-state index contributed by atoms with van der Waals surface area (Å²) in [6.45, 7) is 2.01. The van der Waals surface area contributed by atoms with Gasteiger partial charge in [0, 0.05) is 10.9 Å². The van der Waals surface area contributed by atoms with Gasteiger partial charge >= 0.3 is 0 Å². The van der Waals surface area contributed by atoms with E-state index >= 15 is 0 Å². The molecule has 0 heterocycles. The van der Waals surface area contributed by atoms with Gasteiger partial charge in [-0.25, -0.2) is 0 Å². The Kier molecular flexibility index (Phi) is 3.94. The third kappa shape index (κ3) is 3.12. The van der Waals surface area contributed by atoms with Crippen LogP contribution in [0.3, 0.4) is 0 Å². The van der Waals surface area contributed by atoms with Crippen LogP contribution in [-0.4, -0.2) is 11.7 Å². The maximum Gasteiger partial charge on any atom is 0.151 e. The molecule has 0 aliphatic rings. The van der Waals surface area contributed by atoms with E-state index in [1.54, 1.807) is 0 Å². The lowest BCUT2D eigenvalue weighted by Crippen LogP contribution is -2.04. The van der Waals surface area contributed by atoms with E-state index in [0.717, 1.165) is 10.0 Å². The van der Waals surface area contributed by atoms with Gasteiger partial charge in [-0.05, 0) is 24.1 Å². The summed E-state index contributed by atoms with van der Waals surface area (Å²) in [5, 5.41) is 0. The summed E-state index contributed by atoms with van der Waals surface area (Å²) in [7, 11) is 0. The van der Waals surface area contributed by atoms with Gasteiger partial charge in [0.2, 0.25) is 0 Å². The summed E-state index contributed by atoms with van der Waals surface area (Å²) in [5.41, 5.74) is 2.17. The van der Waals surface area contributed by atoms with E-state index in [2.05, 4.69) is 15.9 Å². The summed E-state index contributed by atoms with van der Waals surface area (Å²) >= 11 is 8.83. The number of aryl methyl sites for hydroxylation is 1. The first kappa shape index (κ1) is 10.7. The molecule has 3 heteroatoms. The first-order valence-electron chi connectivity index (χ1n) is 3.96. The summed E-state index contributed by atoms with van der Waals surface area (Å²) in [4.78, 5) is 11.1. The van der Waals surface area contributed by atoms with Gasteiger partial charge < -0.3 is 0 Å². The highest BCUT2D eigenvalue weighted by Crippen LogP contribution is 2.19. The molecule has 0 amide bonds. The fourth-order valence-electron chi connectivity index (χ4n) is 1.06. The molecule has 0 bridgehead atoms. The number of Topliss-reactive ketones (excluding diaryl/α,β-unsaturated/α-hetero) is 1. The number of ketones is 1. The van der Waals surface area contributed by atoms with Crippen molar-refractivity contribution in [1.29, 1.82) is 0 Å². The summed E-state index contributed by atoms with van der Waals surface area (Å²) in [6, 6.07) is 5.93. The van der Waals surface area contributed by atoms with Crippen LogP contribution in [0.4, 0.5) is 0 Å². The molecule has 0 fully saturated rings. The smallest absolute Gasteiger partial charge is 0.151 e. The molecule has 1 aromatic rings. The number of halogens is 2. The van der Waals surface area contributed by atoms with Gasteiger partial charge in [0.1, 0.15) is 0 Å². The number of benzene rings is 1. The van der Waals surface area contributed by atoms with Crippen molar-refractivity contribution in [3.8, 4) is 0 Å². The topological polar surface area (TPSA) is 17.1 Å². The van der Waals surface area contributed by atoms with E-state index in [1.165, 1.54) is 5.56 Å². The molecule has 0 aliphatic heterocycles. The fourth-order valence-corrected chi connectivity index (χ4v) is 1.78. The highest BCUT2D eigenvalue weighted by atomic mass is 79.9. The maximum atomic E-state index is 11.1. The lowest BCUT2D eigenvalue weighted by molar-refractivity contribution is -0.116. The molecule has 0 atom stereocenters. The van der Waals surface area contributed by atoms with Crippen molar-refractivity contribution in [2.45, 2.75) is 13.3 Å². The lowest BCUT2D eigenvalue weighted by Gasteiger charge is -2.03. The number of hydrogen-bond donors (Lipinski definition) is 0. The zero-order chi connectivity index (χ0) is 9.84. The Morgan fingerprint density at radius 3 is 2.77 bits per heavy atom. The molecular weight excluding hydrogens is 251 g/mol. The molecule has 0 aliphatic carbocycles. The van der Waals surface area contributed by atoms with E-state index in [1.807, 2.05) is 25.1 Å². The molecule has 0 saturated heterocycles. The Bertz CT molecular complexity index is 323. The lowest BCUT2D eigenvalue weighted by atomic mass is 10.1. The van der Waals surface area contributed by atoms with Gasteiger partial charge in [-0.1, -0.05) is 28.1 Å². The second kappa shape index (κ2) is 4.77. The van der Waals surface area contributed by atoms with E-state index < -0.39 is 0 Å². The maximum absolute atomic E-state index is 11.1. The van der Waals surface area contributed by atoms with Gasteiger partial charge in [-0.15, -0.1) is 11.6 Å². The zero-order valence-electron chi connectivity index (χ0n) is 7.31. The van der Waals surface area contributed by atoms with Crippen molar-refractivity contribution in [2.75, 3.05) is 5.88 Å². The van der Waals surface area contributed by atoms with E-state index in [9.17, 15) is 4.79 Å². The largest absolute Gasteiger partial charge is 0.298 e. The van der Waals surface area contributed by atoms with Crippen LogP contribution in [0, 0.1) is 6.92 Å². The Morgan fingerprint density at radius 1 is 1.54 bits per heavy atom. The van der Waals surface area contributed by atoms with Crippen LogP contribution in [0.15, 0.2) is 22.7 Å². The minimum absolute atomic E-state index is 0.0474. The van der Waals surface area contributed by atoms with Crippen LogP contribution >= 0.6 is 27.5 Å². The van der Waals surface area contributed by atoms with Gasteiger partial charge in [-0.2, -0.15) is 0 Å². The number of alkyl halides is 1. The van der Waals surface area contributed by atoms with Crippen LogP contribution in [0.1, 0.15) is 11.1 Å². The van der Waals surface area contributed by atoms with Crippen LogP contribution in [0.5, 0.6) is 0 Å². The Hall–Kier alpha value is -0.340. The number of rotatable bonds is 3. The molecule has 0 unspecified atom stereocenters. The van der Waals surface area contributed by atoms with Gasteiger partial charge in [-0.3, -0.25) is 4.79 Å². The molecule has 70 valence electrons. The van der Waals surface area contributed by atoms with Gasteiger partial charge in [0.15, 0.2) is 5.78 Å². The van der Waals surface area contributed by atoms with E-state index in [0.29, 0.717) is 6.42 Å². The van der Waals surface area contributed by atoms with Crippen molar-refractivity contribution in [3.63, 3.8) is 0 Å². The van der Waals surface area contributed by atoms with Crippen LogP contribution in [0.2, 0.25) is 0 Å². The number of hydrogen-bond acceptors (Lipinski definition) is 1. The molecule has 1 aromatic carbocycles. The summed E-state index contributed by atoms with van der Waals surface area (Å²) in [6.07, 6.45) is 0.407. The fraction of sp³-hybridized carbons (Fsp3) is 0.300. The van der Waals surface area contributed by atoms with Crippen molar-refractivity contribution < 1.29 is 4.79 Å². The predicted octanol–water partition coefficient (Wildman–Crippen LogP) is 3.11. The van der Waals surface area contributed by atoms with Crippen molar-refractivity contribution >= 4 is 33.3 Å². The highest BCUT2D eigenvalue weighted by Gasteiger charge is 2.05. The van der Waals surface area contributed by atoms with Crippen molar-refractivity contribution in [3.05, 3.63) is 33.8 Å². The third-order valence-corrected chi connectivity index (χ3v) is 2.78. The molecule has 0 saturated carbocycles. The quantitative estimate of drug-likeness (QED) is 0.764. The Balaban J connectivity index is 2.83. The van der Waals surface area contributed by atoms with Crippen LogP contribution in [0.25, 0.3) is 0 Å². The summed E-state index contributed by atoms with van der Waals surface area (Å²) < 4.78 is 0.978. The second-order valence-corrected chi connectivity index (χ2v) is 4.07. The van der Waals surface area contributed by atoms with E-state index in [-0.39, 0.29) is 11.7 Å². The molecule has 13 heavy (non-hydrogen) atoms. The molecule has 1 rings (SSSR count). The standard InChI is InChI=1S/C10H10BrClO/c1-7-2-3-8(10(11)4-7)5-9(13)6-12/h2-4H,5-6H2,1H3. The van der Waals surface area contributed by atoms with Crippen molar-refractivity contribution in [1.82, 2.24) is 0 Å². The minimum atomic E-state index is 0.0474. The molecule has 0 aromatic heterocycles. The predicted molar refractivity (Wildman–Crippen MR) is 58.3 cm³/mol. The molecule has 0 radical (unpaired) electrons. The van der Waals surface area contributed by atoms with E-state index in [4.69, 9.17) is 11.6 Å². The van der Waals surface area contributed by atoms with Crippen LogP contribution in [-0.2, 0) is 11.2 Å². The second-order valence-electron chi connectivity index (χ2n) is 2.94. The minimum Gasteiger partial charge on any atom is -0.298 e. The first-order chi connectivity index (χ1) is 6.13. The number of carbonyl (C=O) groups is 1. The molecule has 1 nitrogen and oxygen atoms in total. The summed E-state index contributed by atoms with van der Waals surface area (Å²) in [5.74, 6) is 0.131. The SMILES string of the molecule is Cc1ccc(CC(=O)CCl)c(Br)c1. The monoisotopic (exact) mass is 260 g/mol. The first-order valence-corrected chi connectivity index (χ1v) is 5.29. The highest BCUT2D eigenvalue weighted by molar-refractivity contribution is 9.10. The normalized spacial score (nSPS) is 10.1. The van der Waals surface area contributed by atoms with Crippen LogP contribution < -0.4 is 0 Å². The van der Waals surface area contributed by atoms with Gasteiger partial charge in [0.05, 0.1) is 5.88 Å². The van der Waals surface area contributed by atoms with Crippen molar-refractivity contribution in [2.24, 2.45) is 0 Å².